The number of aromatic hydroxyl groups is 1. The molecule has 4 nitrogen and oxygen atoms in total. The van der Waals surface area contributed by atoms with E-state index in [9.17, 15) is 13.9 Å². The molecule has 0 amide bonds. The van der Waals surface area contributed by atoms with Gasteiger partial charge in [-0.1, -0.05) is 6.07 Å². The van der Waals surface area contributed by atoms with Crippen LogP contribution in [0.2, 0.25) is 0 Å². The minimum absolute atomic E-state index is 0.0465. The Kier molecular flexibility index (Phi) is 1.82. The number of hydrogen-bond acceptors (Lipinski definition) is 3. The van der Waals surface area contributed by atoms with Crippen LogP contribution >= 0.6 is 0 Å². The molecule has 2 aromatic rings. The van der Waals surface area contributed by atoms with Gasteiger partial charge >= 0.3 is 0 Å². The quantitative estimate of drug-likeness (QED) is 0.671. The second kappa shape index (κ2) is 2.86. The molecule has 13 heavy (non-hydrogen) atoms. The van der Waals surface area contributed by atoms with Crippen LogP contribution in [0.3, 0.4) is 0 Å². The van der Waals surface area contributed by atoms with E-state index in [1.165, 1.54) is 12.3 Å². The van der Waals surface area contributed by atoms with Crippen molar-refractivity contribution >= 4 is 22.0 Å². The Morgan fingerprint density at radius 3 is 2.92 bits per heavy atom. The van der Waals surface area contributed by atoms with Crippen molar-refractivity contribution in [2.75, 3.05) is 0 Å². The Morgan fingerprint density at radius 2 is 2.23 bits per heavy atom. The summed E-state index contributed by atoms with van der Waals surface area (Å²) in [4.78, 5) is 2.87. The summed E-state index contributed by atoms with van der Waals surface area (Å²) in [5.74, 6) is -0.0465. The highest BCUT2D eigenvalue weighted by atomic mass is 32.2. The van der Waals surface area contributed by atoms with E-state index in [0.29, 0.717) is 10.9 Å². The molecule has 1 atom stereocenters. The number of hydrogen-bond donors (Lipinski definition) is 2. The summed E-state index contributed by atoms with van der Waals surface area (Å²) in [5, 5.41) is 9.68. The van der Waals surface area contributed by atoms with Crippen molar-refractivity contribution in [2.24, 2.45) is 0 Å². The van der Waals surface area contributed by atoms with Crippen molar-refractivity contribution in [1.82, 2.24) is 4.98 Å². The van der Waals surface area contributed by atoms with Gasteiger partial charge in [0, 0.05) is 11.1 Å². The summed E-state index contributed by atoms with van der Waals surface area (Å²) in [6.07, 6.45) is 1.36. The Bertz CT molecular complexity index is 477. The average Bonchev–Trinajstić information content (AvgIpc) is 2.48. The fourth-order valence-electron chi connectivity index (χ4n) is 1.27. The normalized spacial score (nSPS) is 13.3. The molecular formula is C8H6NO3S-. The van der Waals surface area contributed by atoms with Gasteiger partial charge in [0.15, 0.2) is 0 Å². The number of fused-ring (bicyclic) bond motifs is 1. The monoisotopic (exact) mass is 196 g/mol. The maximum Gasteiger partial charge on any atom is 0.142 e. The minimum atomic E-state index is -2.32. The highest BCUT2D eigenvalue weighted by molar-refractivity contribution is 7.79. The number of nitrogens with one attached hydrogen (secondary N) is 1. The Hall–Kier alpha value is -1.33. The molecule has 0 aliphatic heterocycles. The zero-order valence-electron chi connectivity index (χ0n) is 6.48. The van der Waals surface area contributed by atoms with Crippen molar-refractivity contribution in [3.8, 4) is 5.75 Å². The molecule has 68 valence electrons. The first-order valence-corrected chi connectivity index (χ1v) is 4.66. The van der Waals surface area contributed by atoms with Gasteiger partial charge in [0.05, 0.1) is 10.9 Å². The predicted octanol–water partition coefficient (Wildman–Crippen LogP) is 1.11. The molecule has 2 rings (SSSR count). The first kappa shape index (κ1) is 8.28. The Morgan fingerprint density at radius 1 is 1.46 bits per heavy atom. The Balaban J connectivity index is 2.88. The van der Waals surface area contributed by atoms with Gasteiger partial charge < -0.3 is 14.6 Å². The van der Waals surface area contributed by atoms with Gasteiger partial charge in [-0.3, -0.25) is 4.21 Å². The van der Waals surface area contributed by atoms with E-state index in [1.54, 1.807) is 12.1 Å². The molecular weight excluding hydrogens is 190 g/mol. The zero-order valence-corrected chi connectivity index (χ0v) is 7.30. The lowest BCUT2D eigenvalue weighted by atomic mass is 10.2. The Labute approximate surface area is 76.5 Å². The van der Waals surface area contributed by atoms with E-state index in [4.69, 9.17) is 0 Å². The standard InChI is InChI=1S/C8H7NO3S/c10-6-4-9-5-2-1-3-7(8(5)6)13(11)12/h1-4,9-10H,(H,11,12)/p-1. The van der Waals surface area contributed by atoms with Gasteiger partial charge in [-0.25, -0.2) is 0 Å². The van der Waals surface area contributed by atoms with Crippen LogP contribution in [-0.4, -0.2) is 18.9 Å². The van der Waals surface area contributed by atoms with Crippen LogP contribution in [0.15, 0.2) is 29.3 Å². The van der Waals surface area contributed by atoms with Crippen LogP contribution in [0, 0.1) is 0 Å². The molecule has 1 aromatic carbocycles. The molecule has 0 fully saturated rings. The molecule has 0 spiro atoms. The van der Waals surface area contributed by atoms with Gasteiger partial charge in [0.1, 0.15) is 5.75 Å². The summed E-state index contributed by atoms with van der Waals surface area (Å²) in [6, 6.07) is 4.76. The SMILES string of the molecule is O=S([O-])c1cccc2[nH]cc(O)c12. The maximum atomic E-state index is 10.7. The molecule has 0 saturated heterocycles. The minimum Gasteiger partial charge on any atom is -0.768 e. The second-order valence-electron chi connectivity index (χ2n) is 2.59. The largest absolute Gasteiger partial charge is 0.768 e. The molecule has 0 saturated carbocycles. The van der Waals surface area contributed by atoms with E-state index >= 15 is 0 Å². The zero-order chi connectivity index (χ0) is 9.42. The predicted molar refractivity (Wildman–Crippen MR) is 47.1 cm³/mol. The van der Waals surface area contributed by atoms with Crippen LogP contribution in [-0.2, 0) is 11.1 Å². The van der Waals surface area contributed by atoms with Crippen molar-refractivity contribution < 1.29 is 13.9 Å². The third-order valence-electron chi connectivity index (χ3n) is 1.83. The second-order valence-corrected chi connectivity index (χ2v) is 3.50. The van der Waals surface area contributed by atoms with Crippen LogP contribution in [0.25, 0.3) is 10.9 Å². The van der Waals surface area contributed by atoms with Gasteiger partial charge in [0.25, 0.3) is 0 Å². The number of aromatic amines is 1. The summed E-state index contributed by atoms with van der Waals surface area (Å²) in [6.45, 7) is 0. The summed E-state index contributed by atoms with van der Waals surface area (Å²) < 4.78 is 21.5. The average molecular weight is 196 g/mol. The van der Waals surface area contributed by atoms with Crippen molar-refractivity contribution in [2.45, 2.75) is 4.90 Å². The number of H-pyrrole nitrogens is 1. The molecule has 0 aliphatic rings. The lowest BCUT2D eigenvalue weighted by Gasteiger charge is -2.06. The molecule has 5 heteroatoms. The van der Waals surface area contributed by atoms with E-state index in [0.717, 1.165) is 0 Å². The van der Waals surface area contributed by atoms with Crippen LogP contribution < -0.4 is 0 Å². The smallest absolute Gasteiger partial charge is 0.142 e. The molecule has 0 bridgehead atoms. The van der Waals surface area contributed by atoms with Crippen LogP contribution in [0.4, 0.5) is 0 Å². The highest BCUT2D eigenvalue weighted by Crippen LogP contribution is 2.28. The summed E-state index contributed by atoms with van der Waals surface area (Å²) in [7, 11) is 0. The van der Waals surface area contributed by atoms with Gasteiger partial charge in [-0.2, -0.15) is 0 Å². The molecule has 2 N–H and O–H groups in total. The summed E-state index contributed by atoms with van der Waals surface area (Å²) in [5.41, 5.74) is 0.610. The highest BCUT2D eigenvalue weighted by Gasteiger charge is 2.06. The first-order chi connectivity index (χ1) is 6.20. The van der Waals surface area contributed by atoms with E-state index in [-0.39, 0.29) is 10.6 Å². The number of aromatic nitrogens is 1. The van der Waals surface area contributed by atoms with Gasteiger partial charge in [0.2, 0.25) is 0 Å². The fraction of sp³-hybridized carbons (Fsp3) is 0. The summed E-state index contributed by atoms with van der Waals surface area (Å²) >= 11 is -2.32. The van der Waals surface area contributed by atoms with E-state index in [2.05, 4.69) is 4.98 Å². The van der Waals surface area contributed by atoms with Crippen molar-refractivity contribution in [3.63, 3.8) is 0 Å². The lowest BCUT2D eigenvalue weighted by Crippen LogP contribution is -1.88. The molecule has 0 radical (unpaired) electrons. The fourth-order valence-corrected chi connectivity index (χ4v) is 1.84. The van der Waals surface area contributed by atoms with Gasteiger partial charge in [-0.15, -0.1) is 0 Å². The van der Waals surface area contributed by atoms with E-state index < -0.39 is 11.1 Å². The van der Waals surface area contributed by atoms with Gasteiger partial charge in [-0.05, 0) is 23.2 Å². The molecule has 1 unspecified atom stereocenters. The van der Waals surface area contributed by atoms with Crippen molar-refractivity contribution in [3.05, 3.63) is 24.4 Å². The van der Waals surface area contributed by atoms with Crippen LogP contribution in [0.1, 0.15) is 0 Å². The van der Waals surface area contributed by atoms with E-state index in [1.807, 2.05) is 0 Å². The third kappa shape index (κ3) is 1.22. The molecule has 0 aliphatic carbocycles. The third-order valence-corrected chi connectivity index (χ3v) is 2.53. The first-order valence-electron chi connectivity index (χ1n) is 3.58. The maximum absolute atomic E-state index is 10.7. The van der Waals surface area contributed by atoms with Crippen molar-refractivity contribution in [1.29, 1.82) is 0 Å². The number of benzene rings is 1. The van der Waals surface area contributed by atoms with Crippen LogP contribution in [0.5, 0.6) is 5.75 Å². The molecule has 1 aromatic heterocycles. The molecule has 1 heterocycles. The topological polar surface area (TPSA) is 76.1 Å². The number of rotatable bonds is 1. The lowest BCUT2D eigenvalue weighted by molar-refractivity contribution is 0.480.